The third-order valence-corrected chi connectivity index (χ3v) is 10.7. The quantitative estimate of drug-likeness (QED) is 0.177. The van der Waals surface area contributed by atoms with E-state index in [9.17, 15) is 0 Å². The Labute approximate surface area is 287 Å². The normalized spacial score (nSPS) is 12.0. The summed E-state index contributed by atoms with van der Waals surface area (Å²) in [6.45, 7) is 0. The molecule has 0 saturated heterocycles. The van der Waals surface area contributed by atoms with Gasteiger partial charge in [0.25, 0.3) is 0 Å². The van der Waals surface area contributed by atoms with Crippen molar-refractivity contribution in [2.45, 2.75) is 0 Å². The van der Waals surface area contributed by atoms with Gasteiger partial charge < -0.3 is 0 Å². The van der Waals surface area contributed by atoms with Crippen molar-refractivity contribution in [1.29, 1.82) is 0 Å². The first-order valence-electron chi connectivity index (χ1n) is 17.1. The predicted molar refractivity (Wildman–Crippen MR) is 213 cm³/mol. The van der Waals surface area contributed by atoms with Crippen LogP contribution in [0.1, 0.15) is 0 Å². The minimum Gasteiger partial charge on any atom is -0.254 e. The van der Waals surface area contributed by atoms with Gasteiger partial charge in [0, 0.05) is 28.7 Å². The van der Waals surface area contributed by atoms with Gasteiger partial charge in [0.15, 0.2) is 0 Å². The summed E-state index contributed by atoms with van der Waals surface area (Å²) in [5.74, 6) is 0. The second kappa shape index (κ2) is 10.4. The molecule has 0 N–H and O–H groups in total. The monoisotopic (exact) mass is 632 g/mol. The molecule has 0 amide bonds. The second-order valence-corrected chi connectivity index (χ2v) is 13.3. The van der Waals surface area contributed by atoms with Crippen molar-refractivity contribution in [3.8, 4) is 22.3 Å². The van der Waals surface area contributed by atoms with Gasteiger partial charge in [-0.3, -0.25) is 9.97 Å². The third kappa shape index (κ3) is 3.90. The van der Waals surface area contributed by atoms with E-state index in [1.54, 1.807) is 0 Å². The molecule has 0 atom stereocenters. The average molecular weight is 633 g/mol. The third-order valence-electron chi connectivity index (χ3n) is 10.7. The van der Waals surface area contributed by atoms with Gasteiger partial charge in [-0.1, -0.05) is 133 Å². The summed E-state index contributed by atoms with van der Waals surface area (Å²) >= 11 is 0. The summed E-state index contributed by atoms with van der Waals surface area (Å²) in [5.41, 5.74) is 6.44. The van der Waals surface area contributed by atoms with Gasteiger partial charge >= 0.3 is 0 Å². The first-order valence-corrected chi connectivity index (χ1v) is 17.1. The molecule has 2 heterocycles. The molecule has 2 aromatic heterocycles. The van der Waals surface area contributed by atoms with Crippen molar-refractivity contribution in [1.82, 2.24) is 9.97 Å². The predicted octanol–water partition coefficient (Wildman–Crippen LogP) is 13.0. The number of pyridine rings is 2. The fourth-order valence-corrected chi connectivity index (χ4v) is 8.38. The van der Waals surface area contributed by atoms with E-state index in [0.717, 1.165) is 38.5 Å². The molecule has 0 aliphatic carbocycles. The fourth-order valence-electron chi connectivity index (χ4n) is 8.38. The van der Waals surface area contributed by atoms with Crippen LogP contribution < -0.4 is 0 Å². The van der Waals surface area contributed by atoms with Crippen molar-refractivity contribution < 1.29 is 0 Å². The van der Waals surface area contributed by atoms with Crippen molar-refractivity contribution >= 4 is 86.4 Å². The Morgan fingerprint density at radius 2 is 0.720 bits per heavy atom. The van der Waals surface area contributed by atoms with Gasteiger partial charge in [-0.25, -0.2) is 0 Å². The van der Waals surface area contributed by atoms with Gasteiger partial charge in [-0.2, -0.15) is 0 Å². The van der Waals surface area contributed by atoms with E-state index in [1.807, 2.05) is 12.4 Å². The summed E-state index contributed by atoms with van der Waals surface area (Å²) in [5, 5.41) is 17.5. The minimum atomic E-state index is 0.919. The van der Waals surface area contributed by atoms with E-state index < -0.39 is 0 Å². The Hall–Kier alpha value is -6.64. The first kappa shape index (κ1) is 27.3. The smallest absolute Gasteiger partial charge is 0.0970 e. The molecule has 11 rings (SSSR count). The van der Waals surface area contributed by atoms with Crippen LogP contribution in [0.5, 0.6) is 0 Å². The molecule has 0 bridgehead atoms. The molecule has 9 aromatic carbocycles. The highest BCUT2D eigenvalue weighted by Crippen LogP contribution is 2.40. The van der Waals surface area contributed by atoms with Gasteiger partial charge in [0.1, 0.15) is 0 Å². The lowest BCUT2D eigenvalue weighted by Gasteiger charge is -2.14. The summed E-state index contributed by atoms with van der Waals surface area (Å²) in [6.07, 6.45) is 3.93. The molecule has 0 fully saturated rings. The molecular weight excluding hydrogens is 605 g/mol. The molecule has 2 heteroatoms. The maximum Gasteiger partial charge on any atom is 0.0970 e. The number of nitrogens with zero attached hydrogens (tertiary/aromatic N) is 2. The molecule has 0 unspecified atom stereocenters. The van der Waals surface area contributed by atoms with Crippen LogP contribution in [-0.2, 0) is 0 Å². The summed E-state index contributed by atoms with van der Waals surface area (Å²) in [6, 6.07) is 57.5. The summed E-state index contributed by atoms with van der Waals surface area (Å²) in [4.78, 5) is 9.97. The van der Waals surface area contributed by atoms with Crippen LogP contribution >= 0.6 is 0 Å². The van der Waals surface area contributed by atoms with Gasteiger partial charge in [-0.15, -0.1) is 0 Å². The van der Waals surface area contributed by atoms with Crippen molar-refractivity contribution in [2.75, 3.05) is 0 Å². The van der Waals surface area contributed by atoms with E-state index in [0.29, 0.717) is 0 Å². The molecular formula is C48H28N2. The van der Waals surface area contributed by atoms with E-state index in [1.165, 1.54) is 70.2 Å². The largest absolute Gasteiger partial charge is 0.254 e. The van der Waals surface area contributed by atoms with Gasteiger partial charge in [-0.05, 0) is 106 Å². The highest BCUT2D eigenvalue weighted by Gasteiger charge is 2.14. The molecule has 0 aliphatic heterocycles. The van der Waals surface area contributed by atoms with Crippen LogP contribution in [0.4, 0.5) is 0 Å². The fraction of sp³-hybridized carbons (Fsp3) is 0. The Balaban J connectivity index is 1.07. The first-order chi connectivity index (χ1) is 24.8. The Morgan fingerprint density at radius 1 is 0.280 bits per heavy atom. The minimum absolute atomic E-state index is 0.919. The average Bonchev–Trinajstić information content (AvgIpc) is 3.20. The van der Waals surface area contributed by atoms with E-state index in [-0.39, 0.29) is 0 Å². The molecule has 0 spiro atoms. The van der Waals surface area contributed by atoms with E-state index in [4.69, 9.17) is 9.97 Å². The topological polar surface area (TPSA) is 25.8 Å². The van der Waals surface area contributed by atoms with E-state index in [2.05, 4.69) is 158 Å². The van der Waals surface area contributed by atoms with Crippen LogP contribution in [0.15, 0.2) is 170 Å². The highest BCUT2D eigenvalue weighted by atomic mass is 14.7. The van der Waals surface area contributed by atoms with Crippen LogP contribution in [0.2, 0.25) is 0 Å². The van der Waals surface area contributed by atoms with Crippen LogP contribution in [0.25, 0.3) is 109 Å². The summed E-state index contributed by atoms with van der Waals surface area (Å²) < 4.78 is 0. The Kier molecular flexibility index (Phi) is 5.70. The maximum atomic E-state index is 5.08. The Morgan fingerprint density at radius 3 is 1.26 bits per heavy atom. The number of hydrogen-bond donors (Lipinski definition) is 0. The molecule has 11 aromatic rings. The van der Waals surface area contributed by atoms with Crippen molar-refractivity contribution in [2.24, 2.45) is 0 Å². The van der Waals surface area contributed by atoms with Crippen LogP contribution in [0.3, 0.4) is 0 Å². The standard InChI is InChI=1S/C48H28N2/c1-3-13-38-34(9-1)36-11-5-7-15-40(36)45-26-29(17-20-42(38)45)32-25-31-19-22-44-33(23-24-49-48(44)47(31)50-28-32)30-18-21-43-39-14-4-2-10-35(39)37-12-6-8-16-41(37)46(43)27-30/h1-28H. The van der Waals surface area contributed by atoms with Crippen molar-refractivity contribution in [3.05, 3.63) is 170 Å². The second-order valence-electron chi connectivity index (χ2n) is 13.3. The number of hydrogen-bond acceptors (Lipinski definition) is 2. The van der Waals surface area contributed by atoms with E-state index >= 15 is 0 Å². The lowest BCUT2D eigenvalue weighted by Crippen LogP contribution is -1.90. The molecule has 0 saturated carbocycles. The van der Waals surface area contributed by atoms with Crippen LogP contribution in [0, 0.1) is 0 Å². The zero-order valence-corrected chi connectivity index (χ0v) is 27.1. The number of rotatable bonds is 2. The lowest BCUT2D eigenvalue weighted by molar-refractivity contribution is 1.37. The molecule has 0 radical (unpaired) electrons. The van der Waals surface area contributed by atoms with Crippen molar-refractivity contribution in [3.63, 3.8) is 0 Å². The molecule has 230 valence electrons. The maximum absolute atomic E-state index is 5.08. The SMILES string of the molecule is c1ccc2c(c1)c1ccccc1c1cc(-c3cnc4c(ccc5c(-c6ccc7c8ccccc8c8ccccc8c7c6)ccnc54)c3)ccc21. The van der Waals surface area contributed by atoms with Crippen LogP contribution in [-0.4, -0.2) is 9.97 Å². The number of fused-ring (bicyclic) bond motifs is 15. The molecule has 0 aliphatic rings. The number of benzene rings is 9. The van der Waals surface area contributed by atoms with Gasteiger partial charge in [0.05, 0.1) is 11.0 Å². The highest BCUT2D eigenvalue weighted by molar-refractivity contribution is 6.27. The van der Waals surface area contributed by atoms with Gasteiger partial charge in [0.2, 0.25) is 0 Å². The zero-order valence-electron chi connectivity index (χ0n) is 27.1. The number of aromatic nitrogens is 2. The molecule has 2 nitrogen and oxygen atoms in total. The molecule has 50 heavy (non-hydrogen) atoms. The Bertz CT molecular complexity index is 3140. The lowest BCUT2D eigenvalue weighted by atomic mass is 9.91. The summed E-state index contributed by atoms with van der Waals surface area (Å²) in [7, 11) is 0. The zero-order chi connectivity index (χ0) is 32.8.